The van der Waals surface area contributed by atoms with E-state index in [0.717, 1.165) is 6.54 Å². The van der Waals surface area contributed by atoms with Crippen LogP contribution in [0.15, 0.2) is 42.6 Å². The maximum absolute atomic E-state index is 2.39. The monoisotopic (exact) mass is 225 g/mol. The average Bonchev–Trinajstić information content (AvgIpc) is 2.71. The summed E-state index contributed by atoms with van der Waals surface area (Å²) in [6.45, 7) is 8.01. The molecule has 0 radical (unpaired) electrons. The maximum Gasteiger partial charge on any atom is 0.0476 e. The van der Waals surface area contributed by atoms with Gasteiger partial charge in [-0.2, -0.15) is 0 Å². The molecule has 0 aliphatic carbocycles. The number of hydrogen-bond donors (Lipinski definition) is 0. The highest BCUT2D eigenvalue weighted by Gasteiger charge is 2.33. The van der Waals surface area contributed by atoms with Gasteiger partial charge in [-0.15, -0.1) is 0 Å². The molecule has 1 atom stereocenters. The molecule has 0 amide bonds. The lowest BCUT2D eigenvalue weighted by atomic mass is 9.72. The number of nitrogens with zero attached hydrogens (tertiary/aromatic N) is 1. The van der Waals surface area contributed by atoms with Crippen LogP contribution >= 0.6 is 0 Å². The Morgan fingerprint density at radius 1 is 1.06 bits per heavy atom. The molecular weight excluding hydrogens is 206 g/mol. The van der Waals surface area contributed by atoms with Crippen LogP contribution in [0.1, 0.15) is 43.5 Å². The van der Waals surface area contributed by atoms with Gasteiger partial charge < -0.3 is 4.57 Å². The number of rotatable bonds is 0. The molecule has 0 saturated carbocycles. The number of benzene rings is 1. The van der Waals surface area contributed by atoms with Crippen LogP contribution in [0, 0.1) is 5.41 Å². The van der Waals surface area contributed by atoms with Gasteiger partial charge in [0.2, 0.25) is 0 Å². The highest BCUT2D eigenvalue weighted by atomic mass is 15.0. The number of hydrogen-bond acceptors (Lipinski definition) is 0. The maximum atomic E-state index is 2.39. The predicted octanol–water partition coefficient (Wildman–Crippen LogP) is 4.03. The molecule has 1 aromatic heterocycles. The largest absolute Gasteiger partial charge is 0.346 e. The lowest BCUT2D eigenvalue weighted by Crippen LogP contribution is -2.27. The van der Waals surface area contributed by atoms with Gasteiger partial charge in [0.15, 0.2) is 0 Å². The zero-order chi connectivity index (χ0) is 12.0. The van der Waals surface area contributed by atoms with Crippen molar-refractivity contribution in [1.29, 1.82) is 0 Å². The molecular formula is C16H19N. The van der Waals surface area contributed by atoms with Crippen LogP contribution in [0.3, 0.4) is 0 Å². The Bertz CT molecular complexity index is 543. The molecule has 2 aromatic rings. The lowest BCUT2D eigenvalue weighted by molar-refractivity contribution is 0.337. The van der Waals surface area contributed by atoms with Gasteiger partial charge in [0.05, 0.1) is 0 Å². The van der Waals surface area contributed by atoms with E-state index < -0.39 is 0 Å². The molecule has 0 spiro atoms. The molecule has 17 heavy (non-hydrogen) atoms. The summed E-state index contributed by atoms with van der Waals surface area (Å²) in [5, 5.41) is 0. The van der Waals surface area contributed by atoms with E-state index in [0.29, 0.717) is 5.92 Å². The van der Waals surface area contributed by atoms with E-state index in [2.05, 4.69) is 67.9 Å². The SMILES string of the molecule is CC(C)(C)C1c2ccccc2Cn2cccc21. The molecule has 88 valence electrons. The van der Waals surface area contributed by atoms with E-state index in [4.69, 9.17) is 0 Å². The summed E-state index contributed by atoms with van der Waals surface area (Å²) in [7, 11) is 0. The van der Waals surface area contributed by atoms with Crippen molar-refractivity contribution in [3.8, 4) is 0 Å². The number of aromatic nitrogens is 1. The van der Waals surface area contributed by atoms with Crippen molar-refractivity contribution in [1.82, 2.24) is 4.57 Å². The predicted molar refractivity (Wildman–Crippen MR) is 71.3 cm³/mol. The zero-order valence-corrected chi connectivity index (χ0v) is 10.8. The molecule has 1 aliphatic heterocycles. The minimum atomic E-state index is 0.257. The molecule has 1 unspecified atom stereocenters. The Hall–Kier alpha value is -1.50. The Morgan fingerprint density at radius 3 is 2.59 bits per heavy atom. The van der Waals surface area contributed by atoms with E-state index >= 15 is 0 Å². The summed E-state index contributed by atoms with van der Waals surface area (Å²) in [5.74, 6) is 0.502. The van der Waals surface area contributed by atoms with E-state index in [1.165, 1.54) is 16.8 Å². The quantitative estimate of drug-likeness (QED) is 0.638. The molecule has 1 aromatic carbocycles. The zero-order valence-electron chi connectivity index (χ0n) is 10.8. The van der Waals surface area contributed by atoms with Gasteiger partial charge in [0.25, 0.3) is 0 Å². The topological polar surface area (TPSA) is 4.93 Å². The first-order valence-electron chi connectivity index (χ1n) is 6.30. The molecule has 0 fully saturated rings. The van der Waals surface area contributed by atoms with Gasteiger partial charge >= 0.3 is 0 Å². The van der Waals surface area contributed by atoms with E-state index in [1.807, 2.05) is 0 Å². The lowest BCUT2D eigenvalue weighted by Gasteiger charge is -2.37. The standard InChI is InChI=1S/C16H19N/c1-16(2,3)15-13-8-5-4-7-12(13)11-17-10-6-9-14(15)17/h4-10,15H,11H2,1-3H3. The molecule has 1 aliphatic rings. The van der Waals surface area contributed by atoms with E-state index in [9.17, 15) is 0 Å². The van der Waals surface area contributed by atoms with Crippen molar-refractivity contribution >= 4 is 0 Å². The summed E-state index contributed by atoms with van der Waals surface area (Å²) in [6.07, 6.45) is 2.20. The first-order valence-corrected chi connectivity index (χ1v) is 6.30. The molecule has 3 rings (SSSR count). The Balaban J connectivity index is 2.23. The average molecular weight is 225 g/mol. The second-order valence-corrected chi connectivity index (χ2v) is 6.06. The van der Waals surface area contributed by atoms with Gasteiger partial charge in [-0.05, 0) is 28.7 Å². The third kappa shape index (κ3) is 1.61. The van der Waals surface area contributed by atoms with Crippen molar-refractivity contribution < 1.29 is 0 Å². The summed E-state index contributed by atoms with van der Waals surface area (Å²) < 4.78 is 2.39. The summed E-state index contributed by atoms with van der Waals surface area (Å²) in [5.41, 5.74) is 4.69. The van der Waals surface area contributed by atoms with E-state index in [-0.39, 0.29) is 5.41 Å². The Kier molecular flexibility index (Phi) is 2.19. The molecule has 1 heteroatoms. The minimum absolute atomic E-state index is 0.257. The van der Waals surface area contributed by atoms with Crippen LogP contribution in [-0.2, 0) is 6.54 Å². The summed E-state index contributed by atoms with van der Waals surface area (Å²) in [4.78, 5) is 0. The third-order valence-corrected chi connectivity index (χ3v) is 3.73. The fourth-order valence-corrected chi connectivity index (χ4v) is 3.05. The molecule has 0 N–H and O–H groups in total. The van der Waals surface area contributed by atoms with Gasteiger partial charge in [0, 0.05) is 24.4 Å². The van der Waals surface area contributed by atoms with Gasteiger partial charge in [0.1, 0.15) is 0 Å². The van der Waals surface area contributed by atoms with Crippen molar-refractivity contribution in [2.24, 2.45) is 5.41 Å². The van der Waals surface area contributed by atoms with Crippen molar-refractivity contribution in [3.63, 3.8) is 0 Å². The first kappa shape index (κ1) is 10.6. The van der Waals surface area contributed by atoms with Crippen LogP contribution in [-0.4, -0.2) is 4.57 Å². The smallest absolute Gasteiger partial charge is 0.0476 e. The normalized spacial score (nSPS) is 18.6. The Morgan fingerprint density at radius 2 is 1.82 bits per heavy atom. The molecule has 0 bridgehead atoms. The van der Waals surface area contributed by atoms with Crippen molar-refractivity contribution in [2.45, 2.75) is 33.2 Å². The van der Waals surface area contributed by atoms with Gasteiger partial charge in [-0.25, -0.2) is 0 Å². The Labute approximate surface area is 103 Å². The van der Waals surface area contributed by atoms with Crippen LogP contribution in [0.5, 0.6) is 0 Å². The molecule has 1 nitrogen and oxygen atoms in total. The fraction of sp³-hybridized carbons (Fsp3) is 0.375. The summed E-state index contributed by atoms with van der Waals surface area (Å²) in [6, 6.07) is 13.3. The van der Waals surface area contributed by atoms with Crippen LogP contribution in [0.25, 0.3) is 0 Å². The first-order chi connectivity index (χ1) is 8.07. The third-order valence-electron chi connectivity index (χ3n) is 3.73. The van der Waals surface area contributed by atoms with Gasteiger partial charge in [-0.3, -0.25) is 0 Å². The van der Waals surface area contributed by atoms with Crippen LogP contribution in [0.4, 0.5) is 0 Å². The fourth-order valence-electron chi connectivity index (χ4n) is 3.05. The van der Waals surface area contributed by atoms with Crippen molar-refractivity contribution in [3.05, 3.63) is 59.4 Å². The van der Waals surface area contributed by atoms with Crippen LogP contribution in [0.2, 0.25) is 0 Å². The van der Waals surface area contributed by atoms with Crippen molar-refractivity contribution in [2.75, 3.05) is 0 Å². The second-order valence-electron chi connectivity index (χ2n) is 6.06. The minimum Gasteiger partial charge on any atom is -0.346 e. The highest BCUT2D eigenvalue weighted by Crippen LogP contribution is 2.44. The van der Waals surface area contributed by atoms with Gasteiger partial charge in [-0.1, -0.05) is 45.0 Å². The van der Waals surface area contributed by atoms with Crippen LogP contribution < -0.4 is 0 Å². The molecule has 0 saturated heterocycles. The highest BCUT2D eigenvalue weighted by molar-refractivity contribution is 5.41. The molecule has 2 heterocycles. The van der Waals surface area contributed by atoms with E-state index in [1.54, 1.807) is 0 Å². The number of fused-ring (bicyclic) bond motifs is 2. The second kappa shape index (κ2) is 3.49. The summed E-state index contributed by atoms with van der Waals surface area (Å²) >= 11 is 0.